The minimum absolute atomic E-state index is 0.0224. The lowest BCUT2D eigenvalue weighted by Crippen LogP contribution is -2.38. The number of benzene rings is 2. The number of ether oxygens (including phenoxy) is 1. The fourth-order valence-corrected chi connectivity index (χ4v) is 3.76. The number of hydrogen-bond donors (Lipinski definition) is 1. The van der Waals surface area contributed by atoms with Crippen LogP contribution in [0, 0.1) is 5.82 Å². The minimum atomic E-state index is -0.532. The van der Waals surface area contributed by atoms with Gasteiger partial charge >= 0.3 is 0 Å². The van der Waals surface area contributed by atoms with Crippen LogP contribution in [0.15, 0.2) is 41.3 Å². The molecule has 9 heteroatoms. The molecule has 2 heterocycles. The summed E-state index contributed by atoms with van der Waals surface area (Å²) in [6.45, 7) is 0.0675. The predicted molar refractivity (Wildman–Crippen MR) is 104 cm³/mol. The van der Waals surface area contributed by atoms with Gasteiger partial charge in [0, 0.05) is 0 Å². The summed E-state index contributed by atoms with van der Waals surface area (Å²) in [5.41, 5.74) is 1.81. The van der Waals surface area contributed by atoms with Gasteiger partial charge in [-0.1, -0.05) is 23.7 Å². The summed E-state index contributed by atoms with van der Waals surface area (Å²) in [6.07, 6.45) is 1.57. The molecule has 1 fully saturated rings. The Hall–Kier alpha value is -2.84. The number of thioether (sulfide) groups is 1. The summed E-state index contributed by atoms with van der Waals surface area (Å²) in [5, 5.41) is 1.74. The van der Waals surface area contributed by atoms with E-state index in [1.54, 1.807) is 30.3 Å². The van der Waals surface area contributed by atoms with Crippen molar-refractivity contribution in [2.24, 2.45) is 0 Å². The first-order valence-corrected chi connectivity index (χ1v) is 9.36. The number of imide groups is 1. The first-order chi connectivity index (χ1) is 13.4. The second-order valence-electron chi connectivity index (χ2n) is 6.10. The second kappa shape index (κ2) is 7.29. The number of carbonyl (C=O) groups is 3. The molecule has 0 unspecified atom stereocenters. The zero-order valence-electron chi connectivity index (χ0n) is 14.2. The van der Waals surface area contributed by atoms with Gasteiger partial charge in [0.1, 0.15) is 11.6 Å². The first-order valence-electron chi connectivity index (χ1n) is 8.17. The van der Waals surface area contributed by atoms with Gasteiger partial charge in [0.25, 0.3) is 17.1 Å². The zero-order valence-corrected chi connectivity index (χ0v) is 15.8. The van der Waals surface area contributed by atoms with Gasteiger partial charge in [-0.2, -0.15) is 0 Å². The van der Waals surface area contributed by atoms with Gasteiger partial charge in [0.2, 0.25) is 0 Å². The molecule has 28 heavy (non-hydrogen) atoms. The third-order valence-corrected chi connectivity index (χ3v) is 5.29. The van der Waals surface area contributed by atoms with Crippen LogP contribution in [0.25, 0.3) is 6.08 Å². The highest BCUT2D eigenvalue weighted by atomic mass is 35.5. The van der Waals surface area contributed by atoms with Crippen molar-refractivity contribution in [3.8, 4) is 5.75 Å². The molecule has 0 bridgehead atoms. The van der Waals surface area contributed by atoms with Gasteiger partial charge in [0.05, 0.1) is 22.2 Å². The van der Waals surface area contributed by atoms with E-state index in [2.05, 4.69) is 5.32 Å². The van der Waals surface area contributed by atoms with Crippen LogP contribution in [0.3, 0.4) is 0 Å². The third kappa shape index (κ3) is 3.61. The van der Waals surface area contributed by atoms with Gasteiger partial charge < -0.3 is 9.64 Å². The highest BCUT2D eigenvalue weighted by Crippen LogP contribution is 2.36. The first kappa shape index (κ1) is 18.5. The van der Waals surface area contributed by atoms with E-state index in [1.165, 1.54) is 17.0 Å². The average Bonchev–Trinajstić information content (AvgIpc) is 2.97. The van der Waals surface area contributed by atoms with E-state index >= 15 is 0 Å². The van der Waals surface area contributed by atoms with E-state index in [4.69, 9.17) is 16.3 Å². The minimum Gasteiger partial charge on any atom is -0.482 e. The summed E-state index contributed by atoms with van der Waals surface area (Å²) in [7, 11) is 0. The number of carbonyl (C=O) groups excluding carboxylic acids is 3. The van der Waals surface area contributed by atoms with Crippen LogP contribution in [0.5, 0.6) is 5.75 Å². The van der Waals surface area contributed by atoms with Crippen LogP contribution in [-0.2, 0) is 16.1 Å². The number of nitrogens with one attached hydrogen (secondary N) is 1. The highest BCUT2D eigenvalue weighted by Gasteiger charge is 2.28. The molecule has 0 atom stereocenters. The van der Waals surface area contributed by atoms with E-state index < -0.39 is 17.0 Å². The molecule has 4 rings (SSSR count). The highest BCUT2D eigenvalue weighted by molar-refractivity contribution is 8.18. The lowest BCUT2D eigenvalue weighted by molar-refractivity contribution is -0.121. The lowest BCUT2D eigenvalue weighted by atomic mass is 10.1. The van der Waals surface area contributed by atoms with Gasteiger partial charge in [-0.25, -0.2) is 4.39 Å². The number of hydrogen-bond acceptors (Lipinski definition) is 5. The van der Waals surface area contributed by atoms with E-state index in [0.29, 0.717) is 22.6 Å². The fraction of sp³-hybridized carbons (Fsp3) is 0.105. The van der Waals surface area contributed by atoms with Crippen LogP contribution < -0.4 is 15.0 Å². The fourth-order valence-electron chi connectivity index (χ4n) is 2.88. The zero-order chi connectivity index (χ0) is 19.8. The van der Waals surface area contributed by atoms with Crippen molar-refractivity contribution in [3.05, 3.63) is 63.3 Å². The molecular weight excluding hydrogens is 407 g/mol. The third-order valence-electron chi connectivity index (χ3n) is 4.19. The van der Waals surface area contributed by atoms with Crippen molar-refractivity contribution in [1.29, 1.82) is 0 Å². The molecular formula is C19H12ClFN2O4S. The van der Waals surface area contributed by atoms with E-state index in [1.807, 2.05) is 0 Å². The van der Waals surface area contributed by atoms with E-state index in [-0.39, 0.29) is 29.0 Å². The number of rotatable bonds is 3. The maximum absolute atomic E-state index is 13.4. The Kier molecular flexibility index (Phi) is 4.82. The number of amides is 3. The largest absolute Gasteiger partial charge is 0.482 e. The Balaban J connectivity index is 1.68. The molecule has 0 aliphatic carbocycles. The second-order valence-corrected chi connectivity index (χ2v) is 7.52. The Morgan fingerprint density at radius 2 is 2.04 bits per heavy atom. The quantitative estimate of drug-likeness (QED) is 0.769. The predicted octanol–water partition coefficient (Wildman–Crippen LogP) is 3.73. The number of halogens is 2. The number of anilines is 1. The average molecular weight is 419 g/mol. The summed E-state index contributed by atoms with van der Waals surface area (Å²) in [6, 6.07) is 9.39. The van der Waals surface area contributed by atoms with Crippen molar-refractivity contribution in [2.45, 2.75) is 6.54 Å². The van der Waals surface area contributed by atoms with Crippen molar-refractivity contribution < 1.29 is 23.5 Å². The summed E-state index contributed by atoms with van der Waals surface area (Å²) in [5.74, 6) is -0.747. The Morgan fingerprint density at radius 1 is 1.21 bits per heavy atom. The molecule has 142 valence electrons. The molecule has 2 aliphatic rings. The molecule has 1 N–H and O–H groups in total. The molecule has 0 aromatic heterocycles. The van der Waals surface area contributed by atoms with Crippen molar-refractivity contribution >= 4 is 52.2 Å². The SMILES string of the molecule is O=C1NC(=O)/C(=C/c2ccc3c(c2)N(Cc2ccc(F)c(Cl)c2)C(=O)CO3)S1. The van der Waals surface area contributed by atoms with Gasteiger partial charge in [0.15, 0.2) is 6.61 Å². The topological polar surface area (TPSA) is 75.7 Å². The van der Waals surface area contributed by atoms with Crippen LogP contribution in [-0.4, -0.2) is 23.7 Å². The number of nitrogens with zero attached hydrogens (tertiary/aromatic N) is 1. The van der Waals surface area contributed by atoms with Crippen molar-refractivity contribution in [3.63, 3.8) is 0 Å². The Morgan fingerprint density at radius 3 is 2.75 bits per heavy atom. The smallest absolute Gasteiger partial charge is 0.290 e. The molecule has 0 spiro atoms. The number of fused-ring (bicyclic) bond motifs is 1. The molecule has 1 saturated heterocycles. The van der Waals surface area contributed by atoms with Crippen molar-refractivity contribution in [2.75, 3.05) is 11.5 Å². The Labute approximate surface area is 168 Å². The Bertz CT molecular complexity index is 1060. The molecule has 0 saturated carbocycles. The van der Waals surface area contributed by atoms with E-state index in [9.17, 15) is 18.8 Å². The molecule has 0 radical (unpaired) electrons. The lowest BCUT2D eigenvalue weighted by Gasteiger charge is -2.30. The van der Waals surface area contributed by atoms with Crippen molar-refractivity contribution in [1.82, 2.24) is 5.32 Å². The summed E-state index contributed by atoms with van der Waals surface area (Å²) >= 11 is 6.65. The summed E-state index contributed by atoms with van der Waals surface area (Å²) < 4.78 is 18.9. The van der Waals surface area contributed by atoms with E-state index in [0.717, 1.165) is 11.8 Å². The monoisotopic (exact) mass is 418 g/mol. The van der Waals surface area contributed by atoms with Crippen LogP contribution in [0.1, 0.15) is 11.1 Å². The maximum Gasteiger partial charge on any atom is 0.290 e. The summed E-state index contributed by atoms with van der Waals surface area (Å²) in [4.78, 5) is 37.3. The molecule has 2 aliphatic heterocycles. The molecule has 2 aromatic rings. The van der Waals surface area contributed by atoms with Gasteiger partial charge in [-0.15, -0.1) is 0 Å². The van der Waals surface area contributed by atoms with Crippen LogP contribution in [0.2, 0.25) is 5.02 Å². The van der Waals surface area contributed by atoms with Crippen LogP contribution in [0.4, 0.5) is 14.9 Å². The molecule has 3 amide bonds. The molecule has 6 nitrogen and oxygen atoms in total. The van der Waals surface area contributed by atoms with Gasteiger partial charge in [-0.3, -0.25) is 19.7 Å². The van der Waals surface area contributed by atoms with Gasteiger partial charge in [-0.05, 0) is 53.2 Å². The molecule has 2 aromatic carbocycles. The van der Waals surface area contributed by atoms with Crippen LogP contribution >= 0.6 is 23.4 Å². The normalized spacial score (nSPS) is 17.6. The standard InChI is InChI=1S/C19H12ClFN2O4S/c20-12-5-11(1-3-13(12)21)8-23-14-6-10(2-4-15(14)27-9-17(23)24)7-16-18(25)22-19(26)28-16/h1-7H,8-9H2,(H,22,25,26)/b16-7-. The maximum atomic E-state index is 13.4.